The molecule has 1 amide bonds. The molecule has 0 saturated carbocycles. The van der Waals surface area contributed by atoms with Crippen molar-refractivity contribution >= 4 is 6.09 Å². The van der Waals surface area contributed by atoms with E-state index in [0.717, 1.165) is 16.9 Å². The van der Waals surface area contributed by atoms with E-state index in [1.54, 1.807) is 12.1 Å². The van der Waals surface area contributed by atoms with Crippen LogP contribution in [0.15, 0.2) is 48.5 Å². The van der Waals surface area contributed by atoms with Crippen molar-refractivity contribution in [1.29, 1.82) is 0 Å². The number of nitrogens with one attached hydrogen (secondary N) is 1. The first-order valence-corrected chi connectivity index (χ1v) is 7.77. The molecule has 0 spiro atoms. The number of ether oxygens (including phenoxy) is 2. The highest BCUT2D eigenvalue weighted by Gasteiger charge is 2.04. The zero-order chi connectivity index (χ0) is 16.7. The summed E-state index contributed by atoms with van der Waals surface area (Å²) in [6.07, 6.45) is -0.464. The molecular formula is C19H23NO3. The fourth-order valence-corrected chi connectivity index (χ4v) is 1.89. The molecule has 0 aliphatic rings. The summed E-state index contributed by atoms with van der Waals surface area (Å²) in [6.45, 7) is 7.31. The number of benzene rings is 2. The minimum absolute atomic E-state index is 0.412. The maximum absolute atomic E-state index is 11.8. The molecule has 0 aromatic heterocycles. The van der Waals surface area contributed by atoms with Crippen molar-refractivity contribution in [3.63, 3.8) is 0 Å². The number of hydrogen-bond acceptors (Lipinski definition) is 3. The third-order valence-corrected chi connectivity index (χ3v) is 3.18. The van der Waals surface area contributed by atoms with E-state index in [1.807, 2.05) is 43.3 Å². The van der Waals surface area contributed by atoms with Gasteiger partial charge in [0.15, 0.2) is 0 Å². The van der Waals surface area contributed by atoms with E-state index in [2.05, 4.69) is 19.2 Å². The number of amides is 1. The molecule has 0 atom stereocenters. The highest BCUT2D eigenvalue weighted by Crippen LogP contribution is 2.14. The summed E-state index contributed by atoms with van der Waals surface area (Å²) in [4.78, 5) is 11.8. The van der Waals surface area contributed by atoms with E-state index in [1.165, 1.54) is 0 Å². The standard InChI is InChI=1S/C19H23NO3/c1-14(2)13-22-17-10-6-16(7-11-17)12-20-19(21)23-18-8-4-15(3)5-9-18/h4-11,14H,12-13H2,1-3H3,(H,20,21). The molecule has 0 heterocycles. The Morgan fingerprint density at radius 3 is 2.22 bits per heavy atom. The normalized spacial score (nSPS) is 10.4. The summed E-state index contributed by atoms with van der Waals surface area (Å²) >= 11 is 0. The molecule has 0 radical (unpaired) electrons. The third kappa shape index (κ3) is 6.02. The van der Waals surface area contributed by atoms with Crippen LogP contribution in [0.4, 0.5) is 4.79 Å². The predicted octanol–water partition coefficient (Wildman–Crippen LogP) is 4.32. The summed E-state index contributed by atoms with van der Waals surface area (Å²) in [7, 11) is 0. The van der Waals surface area contributed by atoms with Crippen molar-refractivity contribution in [1.82, 2.24) is 5.32 Å². The summed E-state index contributed by atoms with van der Waals surface area (Å²) in [5.41, 5.74) is 2.11. The molecule has 122 valence electrons. The van der Waals surface area contributed by atoms with E-state index >= 15 is 0 Å². The van der Waals surface area contributed by atoms with Crippen molar-refractivity contribution < 1.29 is 14.3 Å². The van der Waals surface area contributed by atoms with Gasteiger partial charge in [0, 0.05) is 6.54 Å². The minimum Gasteiger partial charge on any atom is -0.493 e. The molecule has 0 bridgehead atoms. The molecule has 23 heavy (non-hydrogen) atoms. The van der Waals surface area contributed by atoms with E-state index in [-0.39, 0.29) is 0 Å². The van der Waals surface area contributed by atoms with Crippen LogP contribution < -0.4 is 14.8 Å². The highest BCUT2D eigenvalue weighted by molar-refractivity contribution is 5.70. The SMILES string of the molecule is Cc1ccc(OC(=O)NCc2ccc(OCC(C)C)cc2)cc1. The van der Waals surface area contributed by atoms with Crippen LogP contribution in [-0.4, -0.2) is 12.7 Å². The monoisotopic (exact) mass is 313 g/mol. The van der Waals surface area contributed by atoms with Crippen LogP contribution in [0.25, 0.3) is 0 Å². The number of carbonyl (C=O) groups excluding carboxylic acids is 1. The van der Waals surface area contributed by atoms with Crippen LogP contribution in [0.5, 0.6) is 11.5 Å². The third-order valence-electron chi connectivity index (χ3n) is 3.18. The van der Waals surface area contributed by atoms with Crippen molar-refractivity contribution in [3.8, 4) is 11.5 Å². The smallest absolute Gasteiger partial charge is 0.412 e. The largest absolute Gasteiger partial charge is 0.493 e. The van der Waals surface area contributed by atoms with E-state index in [4.69, 9.17) is 9.47 Å². The molecule has 2 aromatic rings. The lowest BCUT2D eigenvalue weighted by molar-refractivity contribution is 0.200. The zero-order valence-corrected chi connectivity index (χ0v) is 13.8. The van der Waals surface area contributed by atoms with Gasteiger partial charge in [-0.2, -0.15) is 0 Å². The molecule has 0 unspecified atom stereocenters. The maximum atomic E-state index is 11.8. The molecule has 0 saturated heterocycles. The molecule has 4 heteroatoms. The lowest BCUT2D eigenvalue weighted by atomic mass is 10.2. The van der Waals surface area contributed by atoms with Gasteiger partial charge >= 0.3 is 6.09 Å². The van der Waals surface area contributed by atoms with Gasteiger partial charge in [-0.3, -0.25) is 0 Å². The van der Waals surface area contributed by atoms with Gasteiger partial charge in [-0.15, -0.1) is 0 Å². The summed E-state index contributed by atoms with van der Waals surface area (Å²) in [6, 6.07) is 15.0. The Kier molecular flexibility index (Phi) is 6.03. The number of carbonyl (C=O) groups is 1. The highest BCUT2D eigenvalue weighted by atomic mass is 16.6. The molecule has 4 nitrogen and oxygen atoms in total. The van der Waals surface area contributed by atoms with E-state index < -0.39 is 6.09 Å². The van der Waals surface area contributed by atoms with Crippen LogP contribution in [0.3, 0.4) is 0 Å². The summed E-state index contributed by atoms with van der Waals surface area (Å²) < 4.78 is 10.8. The molecule has 0 fully saturated rings. The Hall–Kier alpha value is -2.49. The Balaban J connectivity index is 1.78. The van der Waals surface area contributed by atoms with Gasteiger partial charge in [0.1, 0.15) is 11.5 Å². The Morgan fingerprint density at radius 1 is 1.00 bits per heavy atom. The van der Waals surface area contributed by atoms with Crippen molar-refractivity contribution in [3.05, 3.63) is 59.7 Å². The summed E-state index contributed by atoms with van der Waals surface area (Å²) in [5.74, 6) is 1.86. The van der Waals surface area contributed by atoms with E-state index in [0.29, 0.717) is 24.8 Å². The molecule has 2 aromatic carbocycles. The van der Waals surface area contributed by atoms with Gasteiger partial charge in [-0.25, -0.2) is 4.79 Å². The lowest BCUT2D eigenvalue weighted by Crippen LogP contribution is -2.26. The topological polar surface area (TPSA) is 47.6 Å². The molecule has 0 aliphatic carbocycles. The zero-order valence-electron chi connectivity index (χ0n) is 13.8. The first-order valence-electron chi connectivity index (χ1n) is 7.77. The van der Waals surface area contributed by atoms with Crippen molar-refractivity contribution in [2.24, 2.45) is 5.92 Å². The maximum Gasteiger partial charge on any atom is 0.412 e. The molecule has 1 N–H and O–H groups in total. The number of aryl methyl sites for hydroxylation is 1. The van der Waals surface area contributed by atoms with Crippen LogP contribution in [0.2, 0.25) is 0 Å². The first kappa shape index (κ1) is 16.9. The van der Waals surface area contributed by atoms with Gasteiger partial charge in [0.05, 0.1) is 6.61 Å². The average Bonchev–Trinajstić information content (AvgIpc) is 2.54. The molecule has 0 aliphatic heterocycles. The van der Waals surface area contributed by atoms with E-state index in [9.17, 15) is 4.79 Å². The Labute approximate surface area is 137 Å². The van der Waals surface area contributed by atoms with Gasteiger partial charge in [0.2, 0.25) is 0 Å². The Morgan fingerprint density at radius 2 is 1.61 bits per heavy atom. The molecule has 2 rings (SSSR count). The second-order valence-electron chi connectivity index (χ2n) is 5.90. The first-order chi connectivity index (χ1) is 11.0. The van der Waals surface area contributed by atoms with Gasteiger partial charge in [-0.05, 0) is 42.7 Å². The van der Waals surface area contributed by atoms with Crippen LogP contribution in [-0.2, 0) is 6.54 Å². The van der Waals surface area contributed by atoms with Crippen molar-refractivity contribution in [2.75, 3.05) is 6.61 Å². The predicted molar refractivity (Wildman–Crippen MR) is 90.8 cm³/mol. The fourth-order valence-electron chi connectivity index (χ4n) is 1.89. The minimum atomic E-state index is -0.464. The van der Waals surface area contributed by atoms with Crippen LogP contribution >= 0.6 is 0 Å². The average molecular weight is 313 g/mol. The van der Waals surface area contributed by atoms with Crippen LogP contribution in [0, 0.1) is 12.8 Å². The van der Waals surface area contributed by atoms with Gasteiger partial charge in [0.25, 0.3) is 0 Å². The molecular weight excluding hydrogens is 290 g/mol. The van der Waals surface area contributed by atoms with Crippen LogP contribution in [0.1, 0.15) is 25.0 Å². The Bertz CT molecular complexity index is 618. The number of hydrogen-bond donors (Lipinski definition) is 1. The lowest BCUT2D eigenvalue weighted by Gasteiger charge is -2.10. The van der Waals surface area contributed by atoms with Crippen molar-refractivity contribution in [2.45, 2.75) is 27.3 Å². The van der Waals surface area contributed by atoms with Gasteiger partial charge < -0.3 is 14.8 Å². The fraction of sp³-hybridized carbons (Fsp3) is 0.316. The quantitative estimate of drug-likeness (QED) is 0.864. The number of rotatable bonds is 6. The summed E-state index contributed by atoms with van der Waals surface area (Å²) in [5, 5.41) is 2.73. The van der Waals surface area contributed by atoms with Gasteiger partial charge in [-0.1, -0.05) is 43.7 Å². The second-order valence-corrected chi connectivity index (χ2v) is 5.90. The second kappa shape index (κ2) is 8.22.